The van der Waals surface area contributed by atoms with Gasteiger partial charge in [-0.15, -0.1) is 0 Å². The van der Waals surface area contributed by atoms with E-state index < -0.39 is 5.60 Å². The molecule has 1 aromatic heterocycles. The summed E-state index contributed by atoms with van der Waals surface area (Å²) in [7, 11) is 1.92. The first-order valence-corrected chi connectivity index (χ1v) is 5.81. The first-order valence-electron chi connectivity index (χ1n) is 5.81. The summed E-state index contributed by atoms with van der Waals surface area (Å²) in [6.45, 7) is 7.47. The molecule has 4 nitrogen and oxygen atoms in total. The SMILES string of the molecule is CC(C)CC(C)(O)CNCc1ccnn1C. The highest BCUT2D eigenvalue weighted by Crippen LogP contribution is 2.15. The van der Waals surface area contributed by atoms with Crippen LogP contribution in [-0.2, 0) is 13.6 Å². The third-order valence-electron chi connectivity index (χ3n) is 2.58. The Balaban J connectivity index is 2.32. The van der Waals surface area contributed by atoms with Gasteiger partial charge in [0.25, 0.3) is 0 Å². The van der Waals surface area contributed by atoms with E-state index in [0.29, 0.717) is 12.5 Å². The summed E-state index contributed by atoms with van der Waals surface area (Å²) in [5, 5.41) is 17.5. The Kier molecular flexibility index (Phi) is 4.50. The molecule has 1 aromatic rings. The van der Waals surface area contributed by atoms with E-state index in [4.69, 9.17) is 0 Å². The fraction of sp³-hybridized carbons (Fsp3) is 0.750. The number of rotatable bonds is 6. The van der Waals surface area contributed by atoms with Gasteiger partial charge in [0.15, 0.2) is 0 Å². The van der Waals surface area contributed by atoms with E-state index >= 15 is 0 Å². The van der Waals surface area contributed by atoms with Crippen molar-refractivity contribution in [2.75, 3.05) is 6.54 Å². The molecule has 0 aromatic carbocycles. The van der Waals surface area contributed by atoms with Crippen LogP contribution in [0.5, 0.6) is 0 Å². The van der Waals surface area contributed by atoms with Crippen LogP contribution >= 0.6 is 0 Å². The van der Waals surface area contributed by atoms with E-state index in [1.807, 2.05) is 24.7 Å². The summed E-state index contributed by atoms with van der Waals surface area (Å²) < 4.78 is 1.84. The van der Waals surface area contributed by atoms with Crippen molar-refractivity contribution in [1.29, 1.82) is 0 Å². The molecule has 92 valence electrons. The first kappa shape index (κ1) is 13.2. The number of aliphatic hydroxyl groups is 1. The van der Waals surface area contributed by atoms with Crippen LogP contribution in [0.15, 0.2) is 12.3 Å². The van der Waals surface area contributed by atoms with Gasteiger partial charge < -0.3 is 10.4 Å². The summed E-state index contributed by atoms with van der Waals surface area (Å²) in [5.41, 5.74) is 0.493. The Morgan fingerprint density at radius 1 is 1.56 bits per heavy atom. The van der Waals surface area contributed by atoms with Gasteiger partial charge in [-0.05, 0) is 25.3 Å². The first-order chi connectivity index (χ1) is 7.41. The lowest BCUT2D eigenvalue weighted by Crippen LogP contribution is -2.38. The van der Waals surface area contributed by atoms with Crippen LogP contribution in [-0.4, -0.2) is 27.0 Å². The molecule has 0 aliphatic rings. The van der Waals surface area contributed by atoms with Crippen molar-refractivity contribution < 1.29 is 5.11 Å². The van der Waals surface area contributed by atoms with Crippen molar-refractivity contribution in [1.82, 2.24) is 15.1 Å². The fourth-order valence-corrected chi connectivity index (χ4v) is 1.99. The number of nitrogens with zero attached hydrogens (tertiary/aromatic N) is 2. The Bertz CT molecular complexity index is 318. The van der Waals surface area contributed by atoms with E-state index in [1.165, 1.54) is 0 Å². The molecule has 0 spiro atoms. The van der Waals surface area contributed by atoms with Crippen LogP contribution in [0.4, 0.5) is 0 Å². The predicted molar refractivity (Wildman–Crippen MR) is 65.0 cm³/mol. The van der Waals surface area contributed by atoms with E-state index in [0.717, 1.165) is 18.7 Å². The van der Waals surface area contributed by atoms with Gasteiger partial charge in [-0.3, -0.25) is 4.68 Å². The maximum atomic E-state index is 10.1. The third kappa shape index (κ3) is 4.33. The molecule has 0 bridgehead atoms. The zero-order chi connectivity index (χ0) is 12.2. The van der Waals surface area contributed by atoms with E-state index in [-0.39, 0.29) is 0 Å². The smallest absolute Gasteiger partial charge is 0.0746 e. The van der Waals surface area contributed by atoms with Crippen LogP contribution in [0, 0.1) is 5.92 Å². The van der Waals surface area contributed by atoms with Crippen molar-refractivity contribution in [3.05, 3.63) is 18.0 Å². The molecule has 0 aliphatic carbocycles. The second-order valence-electron chi connectivity index (χ2n) is 5.14. The molecule has 1 heterocycles. The maximum absolute atomic E-state index is 10.1. The molecule has 0 fully saturated rings. The Labute approximate surface area is 97.7 Å². The number of hydrogen-bond donors (Lipinski definition) is 2. The van der Waals surface area contributed by atoms with Gasteiger partial charge >= 0.3 is 0 Å². The largest absolute Gasteiger partial charge is 0.389 e. The zero-order valence-corrected chi connectivity index (χ0v) is 10.7. The summed E-state index contributed by atoms with van der Waals surface area (Å²) >= 11 is 0. The topological polar surface area (TPSA) is 50.1 Å². The van der Waals surface area contributed by atoms with Crippen LogP contribution in [0.2, 0.25) is 0 Å². The highest BCUT2D eigenvalue weighted by Gasteiger charge is 2.21. The van der Waals surface area contributed by atoms with Crippen LogP contribution in [0.3, 0.4) is 0 Å². The van der Waals surface area contributed by atoms with Crippen molar-refractivity contribution in [3.8, 4) is 0 Å². The monoisotopic (exact) mass is 225 g/mol. The molecule has 1 unspecified atom stereocenters. The van der Waals surface area contributed by atoms with Gasteiger partial charge in [0.1, 0.15) is 0 Å². The molecule has 2 N–H and O–H groups in total. The number of aryl methyl sites for hydroxylation is 1. The van der Waals surface area contributed by atoms with Gasteiger partial charge in [-0.25, -0.2) is 0 Å². The van der Waals surface area contributed by atoms with Gasteiger partial charge in [-0.1, -0.05) is 13.8 Å². The number of aromatic nitrogens is 2. The lowest BCUT2D eigenvalue weighted by atomic mass is 9.94. The van der Waals surface area contributed by atoms with Gasteiger partial charge in [0.2, 0.25) is 0 Å². The molecule has 0 radical (unpaired) electrons. The Hall–Kier alpha value is -0.870. The molecular weight excluding hydrogens is 202 g/mol. The van der Waals surface area contributed by atoms with Gasteiger partial charge in [-0.2, -0.15) is 5.10 Å². The Morgan fingerprint density at radius 2 is 2.25 bits per heavy atom. The predicted octanol–water partition coefficient (Wildman–Crippen LogP) is 1.31. The minimum absolute atomic E-state index is 0.508. The molecule has 0 saturated carbocycles. The quantitative estimate of drug-likeness (QED) is 0.767. The highest BCUT2D eigenvalue weighted by molar-refractivity contribution is 4.99. The summed E-state index contributed by atoms with van der Waals surface area (Å²) in [5.74, 6) is 0.508. The molecule has 4 heteroatoms. The van der Waals surface area contributed by atoms with Crippen LogP contribution in [0.25, 0.3) is 0 Å². The number of hydrogen-bond acceptors (Lipinski definition) is 3. The van der Waals surface area contributed by atoms with E-state index in [9.17, 15) is 5.11 Å². The molecule has 1 atom stereocenters. The molecule has 0 amide bonds. The van der Waals surface area contributed by atoms with Crippen molar-refractivity contribution >= 4 is 0 Å². The maximum Gasteiger partial charge on any atom is 0.0746 e. The Morgan fingerprint density at radius 3 is 2.75 bits per heavy atom. The average Bonchev–Trinajstić information content (AvgIpc) is 2.49. The normalized spacial score (nSPS) is 15.4. The van der Waals surface area contributed by atoms with E-state index in [1.54, 1.807) is 6.20 Å². The summed E-state index contributed by atoms with van der Waals surface area (Å²) in [6, 6.07) is 1.98. The highest BCUT2D eigenvalue weighted by atomic mass is 16.3. The van der Waals surface area contributed by atoms with Crippen LogP contribution in [0.1, 0.15) is 32.9 Å². The minimum atomic E-state index is -0.632. The van der Waals surface area contributed by atoms with Crippen molar-refractivity contribution in [2.24, 2.45) is 13.0 Å². The average molecular weight is 225 g/mol. The number of nitrogens with one attached hydrogen (secondary N) is 1. The molecule has 1 rings (SSSR count). The summed E-state index contributed by atoms with van der Waals surface area (Å²) in [4.78, 5) is 0. The lowest BCUT2D eigenvalue weighted by molar-refractivity contribution is 0.0382. The summed E-state index contributed by atoms with van der Waals surface area (Å²) in [6.07, 6.45) is 2.59. The zero-order valence-electron chi connectivity index (χ0n) is 10.7. The lowest BCUT2D eigenvalue weighted by Gasteiger charge is -2.25. The van der Waals surface area contributed by atoms with Gasteiger partial charge in [0, 0.05) is 26.3 Å². The van der Waals surface area contributed by atoms with Crippen LogP contribution < -0.4 is 5.32 Å². The molecular formula is C12H23N3O. The second kappa shape index (κ2) is 5.46. The molecule has 0 aliphatic heterocycles. The van der Waals surface area contributed by atoms with Crippen molar-refractivity contribution in [2.45, 2.75) is 39.3 Å². The standard InChI is InChI=1S/C12H23N3O/c1-10(2)7-12(3,16)9-13-8-11-5-6-14-15(11)4/h5-6,10,13,16H,7-9H2,1-4H3. The molecule has 0 saturated heterocycles. The fourth-order valence-electron chi connectivity index (χ4n) is 1.99. The minimum Gasteiger partial charge on any atom is -0.389 e. The van der Waals surface area contributed by atoms with Crippen molar-refractivity contribution in [3.63, 3.8) is 0 Å². The molecule has 16 heavy (non-hydrogen) atoms. The van der Waals surface area contributed by atoms with Gasteiger partial charge in [0.05, 0.1) is 11.3 Å². The second-order valence-corrected chi connectivity index (χ2v) is 5.14. The van der Waals surface area contributed by atoms with E-state index in [2.05, 4.69) is 24.3 Å². The third-order valence-corrected chi connectivity index (χ3v) is 2.58.